The molecule has 1 aromatic heterocycles. The number of benzene rings is 1. The van der Waals surface area contributed by atoms with Crippen molar-refractivity contribution in [3.05, 3.63) is 44.7 Å². The molecule has 5 heteroatoms. The van der Waals surface area contributed by atoms with E-state index in [9.17, 15) is 0 Å². The van der Waals surface area contributed by atoms with Crippen LogP contribution < -0.4 is 0 Å². The third kappa shape index (κ3) is 3.77. The van der Waals surface area contributed by atoms with Crippen molar-refractivity contribution in [2.75, 3.05) is 19.5 Å². The molecule has 24 heavy (non-hydrogen) atoms. The summed E-state index contributed by atoms with van der Waals surface area (Å²) in [5.41, 5.74) is 5.71. The average molecular weight is 383 g/mol. The van der Waals surface area contributed by atoms with Crippen molar-refractivity contribution in [1.29, 1.82) is 0 Å². The number of hydrogen-bond acceptors (Lipinski definition) is 1. The van der Waals surface area contributed by atoms with Crippen molar-refractivity contribution in [2.45, 2.75) is 39.0 Å². The van der Waals surface area contributed by atoms with E-state index >= 15 is 0 Å². The highest BCUT2D eigenvalue weighted by Crippen LogP contribution is 2.37. The Bertz CT molecular complexity index is 817. The van der Waals surface area contributed by atoms with Crippen molar-refractivity contribution < 1.29 is 0 Å². The zero-order valence-electron chi connectivity index (χ0n) is 14.7. The lowest BCUT2D eigenvalue weighted by Gasteiger charge is -2.15. The molecule has 1 heterocycles. The van der Waals surface area contributed by atoms with Gasteiger partial charge in [-0.25, -0.2) is 4.68 Å². The predicted molar refractivity (Wildman–Crippen MR) is 109 cm³/mol. The predicted octanol–water partition coefficient (Wildman–Crippen LogP) is 5.62. The highest BCUT2D eigenvalue weighted by atomic mass is 35.5. The Morgan fingerprint density at radius 1 is 1.21 bits per heavy atom. The topological polar surface area (TPSA) is 17.8 Å². The smallest absolute Gasteiger partial charge is 0.136 e. The van der Waals surface area contributed by atoms with Gasteiger partial charge in [-0.1, -0.05) is 23.2 Å². The molecular weight excluding hydrogens is 358 g/mol. The van der Waals surface area contributed by atoms with Crippen molar-refractivity contribution in [1.82, 2.24) is 9.78 Å². The van der Waals surface area contributed by atoms with Crippen LogP contribution in [0, 0.1) is 6.92 Å². The molecular formula is C19H25Cl2N2P. The van der Waals surface area contributed by atoms with Crippen molar-refractivity contribution in [3.63, 3.8) is 0 Å². The largest absolute Gasteiger partial charge is 0.221 e. The number of halogens is 2. The third-order valence-corrected chi connectivity index (χ3v) is 6.85. The Morgan fingerprint density at radius 3 is 2.58 bits per heavy atom. The summed E-state index contributed by atoms with van der Waals surface area (Å²) in [6.07, 6.45) is 10.8. The first-order valence-electron chi connectivity index (χ1n) is 8.49. The van der Waals surface area contributed by atoms with Gasteiger partial charge in [0.25, 0.3) is 0 Å². The molecule has 2 nitrogen and oxygen atoms in total. The monoisotopic (exact) mass is 382 g/mol. The second-order valence-electron chi connectivity index (χ2n) is 7.47. The maximum Gasteiger partial charge on any atom is 0.136 e. The van der Waals surface area contributed by atoms with Gasteiger partial charge in [0, 0.05) is 10.6 Å². The van der Waals surface area contributed by atoms with Crippen LogP contribution in [0.5, 0.6) is 0 Å². The first-order chi connectivity index (χ1) is 11.3. The third-order valence-electron chi connectivity index (χ3n) is 4.67. The van der Waals surface area contributed by atoms with Crippen LogP contribution in [0.3, 0.4) is 0 Å². The van der Waals surface area contributed by atoms with E-state index < -0.39 is 6.89 Å². The number of hydrogen-bond donors (Lipinski definition) is 0. The van der Waals surface area contributed by atoms with Gasteiger partial charge in [-0.15, -0.1) is 13.2 Å². The fourth-order valence-corrected chi connectivity index (χ4v) is 4.71. The molecule has 0 aliphatic heterocycles. The van der Waals surface area contributed by atoms with Crippen LogP contribution >= 0.6 is 30.1 Å². The van der Waals surface area contributed by atoms with Crippen molar-refractivity contribution in [3.8, 4) is 5.69 Å². The molecule has 1 aliphatic rings. The average Bonchev–Trinajstić information content (AvgIpc) is 2.83. The molecule has 1 aromatic carbocycles. The number of fused-ring (bicyclic) bond motifs is 1. The number of aromatic nitrogens is 2. The van der Waals surface area contributed by atoms with Crippen LogP contribution in [0.25, 0.3) is 5.69 Å². The first kappa shape index (κ1) is 18.1. The molecule has 0 saturated carbocycles. The second-order valence-corrected chi connectivity index (χ2v) is 12.6. The Kier molecular flexibility index (Phi) is 5.21. The van der Waals surface area contributed by atoms with Gasteiger partial charge in [0.15, 0.2) is 0 Å². The van der Waals surface area contributed by atoms with E-state index in [0.29, 0.717) is 0 Å². The minimum Gasteiger partial charge on any atom is -0.221 e. The molecule has 0 bridgehead atoms. The van der Waals surface area contributed by atoms with Gasteiger partial charge in [-0.05, 0) is 81.8 Å². The molecule has 0 N–H and O–H groups in total. The van der Waals surface area contributed by atoms with Crippen LogP contribution in [0.1, 0.15) is 35.2 Å². The summed E-state index contributed by atoms with van der Waals surface area (Å²) in [6, 6.07) is 4.20. The van der Waals surface area contributed by atoms with Gasteiger partial charge in [0.2, 0.25) is 0 Å². The van der Waals surface area contributed by atoms with Crippen molar-refractivity contribution in [2.24, 2.45) is 0 Å². The van der Waals surface area contributed by atoms with E-state index in [2.05, 4.69) is 32.6 Å². The summed E-state index contributed by atoms with van der Waals surface area (Å²) in [6.45, 7) is 5.51. The van der Waals surface area contributed by atoms with Gasteiger partial charge in [0.1, 0.15) is 5.15 Å². The van der Waals surface area contributed by atoms with Crippen LogP contribution in [0.2, 0.25) is 10.2 Å². The summed E-state index contributed by atoms with van der Waals surface area (Å²) in [7, 11) is 0. The van der Waals surface area contributed by atoms with E-state index in [1.54, 1.807) is 0 Å². The SMILES string of the molecule is C=P(C)(C)CCc1cc(-n2nc3c(c2Cl)CCCC3)c(C)cc1Cl. The lowest BCUT2D eigenvalue weighted by molar-refractivity contribution is 0.671. The minimum absolute atomic E-state index is 0.770. The highest BCUT2D eigenvalue weighted by Gasteiger charge is 2.21. The molecule has 130 valence electrons. The van der Waals surface area contributed by atoms with Gasteiger partial charge in [-0.3, -0.25) is 0 Å². The zero-order chi connectivity index (χ0) is 17.5. The maximum atomic E-state index is 6.65. The Morgan fingerprint density at radius 2 is 1.92 bits per heavy atom. The van der Waals surface area contributed by atoms with E-state index in [0.717, 1.165) is 52.5 Å². The van der Waals surface area contributed by atoms with Crippen LogP contribution in [-0.2, 0) is 19.3 Å². The van der Waals surface area contributed by atoms with Gasteiger partial charge >= 0.3 is 0 Å². The summed E-state index contributed by atoms with van der Waals surface area (Å²) < 4.78 is 1.91. The summed E-state index contributed by atoms with van der Waals surface area (Å²) >= 11 is 13.1. The van der Waals surface area contributed by atoms with E-state index in [1.807, 2.05) is 10.7 Å². The first-order valence-corrected chi connectivity index (χ1v) is 12.3. The molecule has 0 spiro atoms. The molecule has 0 saturated heterocycles. The van der Waals surface area contributed by atoms with Crippen LogP contribution in [-0.4, -0.2) is 35.6 Å². The minimum atomic E-state index is -1.07. The molecule has 0 unspecified atom stereocenters. The molecule has 0 radical (unpaired) electrons. The Labute approximate surface area is 155 Å². The van der Waals surface area contributed by atoms with Gasteiger partial charge in [-0.2, -0.15) is 5.10 Å². The maximum absolute atomic E-state index is 6.65. The van der Waals surface area contributed by atoms with Crippen LogP contribution in [0.4, 0.5) is 0 Å². The Hall–Kier alpha value is -0.690. The fraction of sp³-hybridized carbons (Fsp3) is 0.474. The molecule has 1 aliphatic carbocycles. The molecule has 2 aromatic rings. The van der Waals surface area contributed by atoms with Gasteiger partial charge in [0.05, 0.1) is 11.4 Å². The summed E-state index contributed by atoms with van der Waals surface area (Å²) in [5, 5.41) is 6.40. The number of aryl methyl sites for hydroxylation is 3. The lowest BCUT2D eigenvalue weighted by atomic mass is 9.98. The normalized spacial score (nSPS) is 14.7. The summed E-state index contributed by atoms with van der Waals surface area (Å²) in [5.74, 6) is 0. The molecule has 3 rings (SSSR count). The standard InChI is InChI=1S/C19H25Cl2N2P/c1-13-11-16(20)14(9-10-24(2,3)4)12-18(13)23-19(21)15-7-5-6-8-17(15)22-23/h11-12H,2,5-10H2,1,3-4H3. The lowest BCUT2D eigenvalue weighted by Crippen LogP contribution is -2.03. The number of rotatable bonds is 4. The van der Waals surface area contributed by atoms with Crippen LogP contribution in [0.15, 0.2) is 12.1 Å². The quantitative estimate of drug-likeness (QED) is 0.627. The van der Waals surface area contributed by atoms with Gasteiger partial charge < -0.3 is 0 Å². The molecule has 0 fully saturated rings. The van der Waals surface area contributed by atoms with E-state index in [1.165, 1.54) is 24.0 Å². The molecule has 0 amide bonds. The van der Waals surface area contributed by atoms with E-state index in [-0.39, 0.29) is 0 Å². The Balaban J connectivity index is 2.02. The zero-order valence-corrected chi connectivity index (χ0v) is 17.1. The molecule has 0 atom stereocenters. The second kappa shape index (κ2) is 6.90. The summed E-state index contributed by atoms with van der Waals surface area (Å²) in [4.78, 5) is 0. The van der Waals surface area contributed by atoms with Crippen molar-refractivity contribution >= 4 is 36.4 Å². The van der Waals surface area contributed by atoms with E-state index in [4.69, 9.17) is 28.3 Å². The fourth-order valence-electron chi connectivity index (χ4n) is 3.22. The highest BCUT2D eigenvalue weighted by molar-refractivity contribution is 7.72. The number of nitrogens with zero attached hydrogens (tertiary/aromatic N) is 2.